The first-order valence-corrected chi connectivity index (χ1v) is 3.54. The molecule has 2 rings (SSSR count). The highest BCUT2D eigenvalue weighted by atomic mass is 19.1. The minimum atomic E-state index is -0.0660. The van der Waals surface area contributed by atoms with Crippen molar-refractivity contribution in [2.45, 2.75) is 6.42 Å². The van der Waals surface area contributed by atoms with E-state index in [0.29, 0.717) is 6.42 Å². The summed E-state index contributed by atoms with van der Waals surface area (Å²) in [5.41, 5.74) is 5.08. The van der Waals surface area contributed by atoms with Gasteiger partial charge in [-0.2, -0.15) is 0 Å². The molecule has 0 heterocycles. The van der Waals surface area contributed by atoms with Gasteiger partial charge in [0.2, 0.25) is 0 Å². The lowest BCUT2D eigenvalue weighted by atomic mass is 9.95. The highest BCUT2D eigenvalue weighted by Gasteiger charge is 2.09. The second-order valence-electron chi connectivity index (χ2n) is 2.58. The van der Waals surface area contributed by atoms with Gasteiger partial charge >= 0.3 is 0 Å². The molecule has 54 valence electrons. The van der Waals surface area contributed by atoms with E-state index in [2.05, 4.69) is 5.73 Å². The van der Waals surface area contributed by atoms with Gasteiger partial charge in [-0.25, -0.2) is 4.39 Å². The van der Waals surface area contributed by atoms with Gasteiger partial charge in [0.05, 0.1) is 0 Å². The fourth-order valence-corrected chi connectivity index (χ4v) is 1.21. The second kappa shape index (κ2) is 2.37. The van der Waals surface area contributed by atoms with Crippen LogP contribution < -0.4 is 0 Å². The summed E-state index contributed by atoms with van der Waals surface area (Å²) in [4.78, 5) is 0. The predicted molar refractivity (Wildman–Crippen MR) is 42.6 cm³/mol. The largest absolute Gasteiger partial charge is 0.211 e. The van der Waals surface area contributed by atoms with Crippen molar-refractivity contribution in [1.29, 1.82) is 0 Å². The fraction of sp³-hybridized carbons (Fsp3) is 0.100. The van der Waals surface area contributed by atoms with Gasteiger partial charge < -0.3 is 0 Å². The van der Waals surface area contributed by atoms with Crippen LogP contribution >= 0.6 is 0 Å². The number of hydrogen-bond acceptors (Lipinski definition) is 0. The van der Waals surface area contributed by atoms with Crippen molar-refractivity contribution < 1.29 is 4.39 Å². The molecule has 0 aromatic rings. The Kier molecular flexibility index (Phi) is 1.38. The van der Waals surface area contributed by atoms with E-state index in [0.717, 1.165) is 11.1 Å². The molecule has 11 heavy (non-hydrogen) atoms. The van der Waals surface area contributed by atoms with Crippen LogP contribution in [0.15, 0.2) is 53.1 Å². The molecule has 0 aromatic heterocycles. The molecule has 0 nitrogen and oxygen atoms in total. The summed E-state index contributed by atoms with van der Waals surface area (Å²) in [5, 5.41) is 0. The third-order valence-corrected chi connectivity index (χ3v) is 1.79. The zero-order valence-electron chi connectivity index (χ0n) is 5.97. The van der Waals surface area contributed by atoms with Gasteiger partial charge in [-0.15, -0.1) is 5.73 Å². The van der Waals surface area contributed by atoms with Crippen molar-refractivity contribution in [2.24, 2.45) is 0 Å². The van der Waals surface area contributed by atoms with Crippen LogP contribution in [-0.2, 0) is 0 Å². The minimum absolute atomic E-state index is 0.0660. The van der Waals surface area contributed by atoms with Crippen LogP contribution in [0.5, 0.6) is 0 Å². The SMILES string of the molecule is FC1=CC=C2C=C=CC=C2C1. The molecule has 1 heteroatoms. The van der Waals surface area contributed by atoms with Crippen molar-refractivity contribution in [3.8, 4) is 0 Å². The minimum Gasteiger partial charge on any atom is -0.211 e. The smallest absolute Gasteiger partial charge is 0.104 e. The first kappa shape index (κ1) is 6.38. The molecule has 0 unspecified atom stereocenters. The van der Waals surface area contributed by atoms with E-state index in [1.807, 2.05) is 18.2 Å². The Balaban J connectivity index is 2.47. The number of rotatable bonds is 0. The standard InChI is InChI=1S/C10H7F/c11-10-6-5-8-3-1-2-4-9(8)7-10/h2-6H,7H2. The summed E-state index contributed by atoms with van der Waals surface area (Å²) < 4.78 is 12.7. The molecule has 0 spiro atoms. The van der Waals surface area contributed by atoms with Crippen molar-refractivity contribution >= 4 is 0 Å². The van der Waals surface area contributed by atoms with Gasteiger partial charge in [0.1, 0.15) is 5.83 Å². The molecular weight excluding hydrogens is 139 g/mol. The Hall–Kier alpha value is -1.33. The van der Waals surface area contributed by atoms with E-state index in [4.69, 9.17) is 0 Å². The van der Waals surface area contributed by atoms with Crippen LogP contribution in [-0.4, -0.2) is 0 Å². The van der Waals surface area contributed by atoms with Crippen molar-refractivity contribution in [3.05, 3.63) is 53.1 Å². The lowest BCUT2D eigenvalue weighted by molar-refractivity contribution is 0.609. The highest BCUT2D eigenvalue weighted by Crippen LogP contribution is 2.27. The average molecular weight is 146 g/mol. The zero-order chi connectivity index (χ0) is 7.68. The molecule has 0 saturated heterocycles. The zero-order valence-corrected chi connectivity index (χ0v) is 5.97. The van der Waals surface area contributed by atoms with Gasteiger partial charge in [0.15, 0.2) is 0 Å². The molecule has 0 aliphatic heterocycles. The normalized spacial score (nSPS) is 20.3. The lowest BCUT2D eigenvalue weighted by Crippen LogP contribution is -1.94. The maximum absolute atomic E-state index is 12.7. The first-order valence-electron chi connectivity index (χ1n) is 3.54. The van der Waals surface area contributed by atoms with Gasteiger partial charge in [0, 0.05) is 6.42 Å². The monoisotopic (exact) mass is 146 g/mol. The summed E-state index contributed by atoms with van der Waals surface area (Å²) in [6.45, 7) is 0. The first-order chi connectivity index (χ1) is 5.36. The van der Waals surface area contributed by atoms with Crippen LogP contribution in [0.1, 0.15) is 6.42 Å². The van der Waals surface area contributed by atoms with Crippen molar-refractivity contribution in [3.63, 3.8) is 0 Å². The molecule has 0 N–H and O–H groups in total. The maximum Gasteiger partial charge on any atom is 0.104 e. The number of hydrogen-bond donors (Lipinski definition) is 0. The van der Waals surface area contributed by atoms with E-state index in [-0.39, 0.29) is 5.83 Å². The van der Waals surface area contributed by atoms with E-state index >= 15 is 0 Å². The van der Waals surface area contributed by atoms with E-state index in [1.54, 1.807) is 6.08 Å². The molecule has 0 radical (unpaired) electrons. The average Bonchev–Trinajstić information content (AvgIpc) is 2.04. The molecule has 0 fully saturated rings. The summed E-state index contributed by atoms with van der Waals surface area (Å²) in [6.07, 6.45) is 9.31. The lowest BCUT2D eigenvalue weighted by Gasteiger charge is -2.11. The molecule has 0 bridgehead atoms. The Morgan fingerprint density at radius 2 is 2.18 bits per heavy atom. The fourth-order valence-electron chi connectivity index (χ4n) is 1.21. The van der Waals surface area contributed by atoms with Gasteiger partial charge in [0.25, 0.3) is 0 Å². The molecule has 2 aliphatic rings. The molecule has 2 aliphatic carbocycles. The Morgan fingerprint density at radius 3 is 3.09 bits per heavy atom. The van der Waals surface area contributed by atoms with Crippen LogP contribution in [0.25, 0.3) is 0 Å². The Labute approximate surface area is 64.7 Å². The van der Waals surface area contributed by atoms with E-state index in [9.17, 15) is 4.39 Å². The maximum atomic E-state index is 12.7. The number of fused-ring (bicyclic) bond motifs is 1. The topological polar surface area (TPSA) is 0 Å². The van der Waals surface area contributed by atoms with Crippen LogP contribution in [0, 0.1) is 0 Å². The molecule has 0 saturated carbocycles. The van der Waals surface area contributed by atoms with E-state index in [1.165, 1.54) is 6.08 Å². The van der Waals surface area contributed by atoms with Crippen molar-refractivity contribution in [1.82, 2.24) is 0 Å². The summed E-state index contributed by atoms with van der Waals surface area (Å²) in [6, 6.07) is 0. The quantitative estimate of drug-likeness (QED) is 0.461. The summed E-state index contributed by atoms with van der Waals surface area (Å²) in [5.74, 6) is -0.0660. The third kappa shape index (κ3) is 1.11. The van der Waals surface area contributed by atoms with Gasteiger partial charge in [-0.1, -0.05) is 12.2 Å². The van der Waals surface area contributed by atoms with Crippen LogP contribution in [0.4, 0.5) is 4.39 Å². The highest BCUT2D eigenvalue weighted by molar-refractivity contribution is 5.50. The Bertz CT molecular complexity index is 334. The second-order valence-corrected chi connectivity index (χ2v) is 2.58. The van der Waals surface area contributed by atoms with Crippen molar-refractivity contribution in [2.75, 3.05) is 0 Å². The summed E-state index contributed by atoms with van der Waals surface area (Å²) in [7, 11) is 0. The molecule has 0 aromatic carbocycles. The Morgan fingerprint density at radius 1 is 1.27 bits per heavy atom. The predicted octanol–water partition coefficient (Wildman–Crippen LogP) is 2.82. The molecule has 0 atom stereocenters. The third-order valence-electron chi connectivity index (χ3n) is 1.79. The van der Waals surface area contributed by atoms with Gasteiger partial charge in [-0.05, 0) is 29.4 Å². The molecule has 0 amide bonds. The number of allylic oxidation sites excluding steroid dienone is 7. The molecular formula is C10H7F. The van der Waals surface area contributed by atoms with Gasteiger partial charge in [-0.3, -0.25) is 0 Å². The van der Waals surface area contributed by atoms with E-state index < -0.39 is 0 Å². The van der Waals surface area contributed by atoms with Crippen LogP contribution in [0.2, 0.25) is 0 Å². The summed E-state index contributed by atoms with van der Waals surface area (Å²) >= 11 is 0. The number of halogens is 1. The van der Waals surface area contributed by atoms with Crippen LogP contribution in [0.3, 0.4) is 0 Å².